The van der Waals surface area contributed by atoms with Gasteiger partial charge in [0.15, 0.2) is 0 Å². The minimum atomic E-state index is -0.614. The Morgan fingerprint density at radius 3 is 2.92 bits per heavy atom. The normalized spacial score (nSPS) is 14.1. The number of rotatable bonds is 7. The Labute approximate surface area is 147 Å². The summed E-state index contributed by atoms with van der Waals surface area (Å²) in [6, 6.07) is 15.1. The van der Waals surface area contributed by atoms with Crippen LogP contribution < -0.4 is 9.64 Å². The predicted molar refractivity (Wildman–Crippen MR) is 96.3 cm³/mol. The zero-order valence-corrected chi connectivity index (χ0v) is 14.4. The lowest BCUT2D eigenvalue weighted by Gasteiger charge is -2.23. The van der Waals surface area contributed by atoms with E-state index in [1.54, 1.807) is 31.2 Å². The van der Waals surface area contributed by atoms with Crippen LogP contribution in [0.25, 0.3) is 0 Å². The van der Waals surface area contributed by atoms with Crippen molar-refractivity contribution in [3.63, 3.8) is 0 Å². The monoisotopic (exact) mass is 341 g/mol. The number of esters is 1. The molecule has 0 radical (unpaired) electrons. The first-order valence-corrected chi connectivity index (χ1v) is 8.58. The minimum Gasteiger partial charge on any atom is -0.491 e. The molecule has 0 spiro atoms. The van der Waals surface area contributed by atoms with E-state index in [-0.39, 0.29) is 12.6 Å². The first-order valence-electron chi connectivity index (χ1n) is 8.58. The van der Waals surface area contributed by atoms with E-state index < -0.39 is 6.10 Å². The second-order valence-electron chi connectivity index (χ2n) is 6.04. The Morgan fingerprint density at radius 2 is 2.08 bits per heavy atom. The minimum absolute atomic E-state index is 0.172. The first-order chi connectivity index (χ1) is 12.2. The van der Waals surface area contributed by atoms with E-state index in [1.165, 1.54) is 11.3 Å². The molecule has 1 heterocycles. The summed E-state index contributed by atoms with van der Waals surface area (Å²) in [6.07, 6.45) is 0.392. The molecule has 5 heteroatoms. The maximum absolute atomic E-state index is 11.7. The maximum Gasteiger partial charge on any atom is 0.338 e. The number of nitrogens with zero attached hydrogens (tertiary/aromatic N) is 1. The van der Waals surface area contributed by atoms with Crippen LogP contribution in [0.4, 0.5) is 5.69 Å². The fourth-order valence-corrected chi connectivity index (χ4v) is 3.02. The van der Waals surface area contributed by atoms with Crippen LogP contribution in [0.2, 0.25) is 0 Å². The number of carbonyl (C=O) groups excluding carboxylic acids is 1. The van der Waals surface area contributed by atoms with Gasteiger partial charge in [-0.05, 0) is 43.2 Å². The van der Waals surface area contributed by atoms with Gasteiger partial charge in [0, 0.05) is 18.8 Å². The van der Waals surface area contributed by atoms with Crippen molar-refractivity contribution in [2.24, 2.45) is 0 Å². The van der Waals surface area contributed by atoms with Crippen molar-refractivity contribution in [2.45, 2.75) is 19.4 Å². The molecule has 0 bridgehead atoms. The SMILES string of the molecule is CCOC(=O)c1cccc(OCC(O)CN2CCc3ccccc32)c1. The molecule has 0 fully saturated rings. The average Bonchev–Trinajstić information content (AvgIpc) is 3.03. The summed E-state index contributed by atoms with van der Waals surface area (Å²) in [6.45, 7) is 3.71. The third-order valence-corrected chi connectivity index (χ3v) is 4.20. The number of fused-ring (bicyclic) bond motifs is 1. The molecule has 2 aromatic rings. The number of β-amino-alcohol motifs (C(OH)–C–C–N with tert-alkyl or cyclic N) is 1. The second-order valence-corrected chi connectivity index (χ2v) is 6.04. The summed E-state index contributed by atoms with van der Waals surface area (Å²) in [5, 5.41) is 10.3. The molecule has 0 saturated carbocycles. The standard InChI is InChI=1S/C20H23NO4/c1-2-24-20(23)16-7-5-8-18(12-16)25-14-17(22)13-21-11-10-15-6-3-4-9-19(15)21/h3-9,12,17,22H,2,10-11,13-14H2,1H3. The Hall–Kier alpha value is -2.53. The van der Waals surface area contributed by atoms with Crippen LogP contribution in [-0.4, -0.2) is 43.5 Å². The summed E-state index contributed by atoms with van der Waals surface area (Å²) in [5.41, 5.74) is 2.95. The number of aliphatic hydroxyl groups is 1. The Morgan fingerprint density at radius 1 is 1.24 bits per heavy atom. The number of para-hydroxylation sites is 1. The Bertz CT molecular complexity index is 731. The van der Waals surface area contributed by atoms with Crippen LogP contribution in [0.1, 0.15) is 22.8 Å². The van der Waals surface area contributed by atoms with Gasteiger partial charge in [-0.1, -0.05) is 24.3 Å². The largest absolute Gasteiger partial charge is 0.491 e. The number of ether oxygens (including phenoxy) is 2. The Kier molecular flexibility index (Phi) is 5.56. The molecule has 25 heavy (non-hydrogen) atoms. The number of aliphatic hydroxyl groups excluding tert-OH is 1. The van der Waals surface area contributed by atoms with Crippen LogP contribution in [0.5, 0.6) is 5.75 Å². The zero-order valence-electron chi connectivity index (χ0n) is 14.4. The summed E-state index contributed by atoms with van der Waals surface area (Å²) in [7, 11) is 0. The van der Waals surface area contributed by atoms with Crippen LogP contribution in [0, 0.1) is 0 Å². The van der Waals surface area contributed by atoms with Gasteiger partial charge in [0.05, 0.1) is 12.2 Å². The molecular weight excluding hydrogens is 318 g/mol. The van der Waals surface area contributed by atoms with Gasteiger partial charge < -0.3 is 19.5 Å². The molecule has 132 valence electrons. The van der Waals surface area contributed by atoms with E-state index in [9.17, 15) is 9.90 Å². The summed E-state index contributed by atoms with van der Waals surface area (Å²) in [4.78, 5) is 13.9. The van der Waals surface area contributed by atoms with Gasteiger partial charge in [-0.2, -0.15) is 0 Å². The van der Waals surface area contributed by atoms with Crippen molar-refractivity contribution in [1.82, 2.24) is 0 Å². The molecule has 1 N–H and O–H groups in total. The molecule has 2 aromatic carbocycles. The van der Waals surface area contributed by atoms with Gasteiger partial charge in [0.2, 0.25) is 0 Å². The second kappa shape index (κ2) is 8.03. The number of anilines is 1. The predicted octanol–water partition coefficient (Wildman–Crippen LogP) is 2.67. The van der Waals surface area contributed by atoms with E-state index in [0.29, 0.717) is 24.5 Å². The maximum atomic E-state index is 11.7. The van der Waals surface area contributed by atoms with Gasteiger partial charge in [-0.3, -0.25) is 0 Å². The molecule has 0 amide bonds. The fraction of sp³-hybridized carbons (Fsp3) is 0.350. The molecule has 0 aromatic heterocycles. The number of carbonyl (C=O) groups is 1. The lowest BCUT2D eigenvalue weighted by atomic mass is 10.2. The van der Waals surface area contributed by atoms with E-state index >= 15 is 0 Å². The van der Waals surface area contributed by atoms with Gasteiger partial charge in [-0.25, -0.2) is 4.79 Å². The van der Waals surface area contributed by atoms with E-state index in [1.807, 2.05) is 12.1 Å². The highest BCUT2D eigenvalue weighted by molar-refractivity contribution is 5.89. The van der Waals surface area contributed by atoms with Gasteiger partial charge in [-0.15, -0.1) is 0 Å². The lowest BCUT2D eigenvalue weighted by Crippen LogP contribution is -2.34. The topological polar surface area (TPSA) is 59.0 Å². The van der Waals surface area contributed by atoms with Crippen molar-refractivity contribution >= 4 is 11.7 Å². The van der Waals surface area contributed by atoms with Crippen molar-refractivity contribution in [3.05, 3.63) is 59.7 Å². The number of benzene rings is 2. The summed E-state index contributed by atoms with van der Waals surface area (Å²) in [5.74, 6) is 0.175. The molecule has 0 aliphatic carbocycles. The van der Waals surface area contributed by atoms with Gasteiger partial charge in [0.1, 0.15) is 18.5 Å². The molecule has 0 saturated heterocycles. The van der Waals surface area contributed by atoms with Crippen LogP contribution in [0.15, 0.2) is 48.5 Å². The molecule has 1 unspecified atom stereocenters. The molecule has 1 aliphatic heterocycles. The number of hydrogen-bond donors (Lipinski definition) is 1. The fourth-order valence-electron chi connectivity index (χ4n) is 3.02. The van der Waals surface area contributed by atoms with Gasteiger partial charge in [0.25, 0.3) is 0 Å². The zero-order chi connectivity index (χ0) is 17.6. The van der Waals surface area contributed by atoms with Crippen LogP contribution in [0.3, 0.4) is 0 Å². The van der Waals surface area contributed by atoms with Crippen molar-refractivity contribution in [3.8, 4) is 5.75 Å². The lowest BCUT2D eigenvalue weighted by molar-refractivity contribution is 0.0525. The molecular formula is C20H23NO4. The Balaban J connectivity index is 1.54. The quantitative estimate of drug-likeness (QED) is 0.785. The van der Waals surface area contributed by atoms with E-state index in [4.69, 9.17) is 9.47 Å². The van der Waals surface area contributed by atoms with Gasteiger partial charge >= 0.3 is 5.97 Å². The third kappa shape index (κ3) is 4.31. The highest BCUT2D eigenvalue weighted by atomic mass is 16.5. The third-order valence-electron chi connectivity index (χ3n) is 4.20. The molecule has 3 rings (SSSR count). The molecule has 1 atom stereocenters. The van der Waals surface area contributed by atoms with E-state index in [0.717, 1.165) is 13.0 Å². The summed E-state index contributed by atoms with van der Waals surface area (Å²) < 4.78 is 10.6. The first kappa shape index (κ1) is 17.3. The summed E-state index contributed by atoms with van der Waals surface area (Å²) >= 11 is 0. The average molecular weight is 341 g/mol. The molecule has 5 nitrogen and oxygen atoms in total. The van der Waals surface area contributed by atoms with E-state index in [2.05, 4.69) is 17.0 Å². The highest BCUT2D eigenvalue weighted by Gasteiger charge is 2.21. The van der Waals surface area contributed by atoms with Crippen molar-refractivity contribution < 1.29 is 19.4 Å². The number of hydrogen-bond acceptors (Lipinski definition) is 5. The molecule has 1 aliphatic rings. The highest BCUT2D eigenvalue weighted by Crippen LogP contribution is 2.27. The van der Waals surface area contributed by atoms with Crippen molar-refractivity contribution in [2.75, 3.05) is 31.2 Å². The smallest absolute Gasteiger partial charge is 0.338 e. The van der Waals surface area contributed by atoms with Crippen molar-refractivity contribution in [1.29, 1.82) is 0 Å². The van der Waals surface area contributed by atoms with Crippen LogP contribution in [-0.2, 0) is 11.2 Å². The van der Waals surface area contributed by atoms with Crippen LogP contribution >= 0.6 is 0 Å².